The van der Waals surface area contributed by atoms with Crippen molar-refractivity contribution in [2.24, 2.45) is 0 Å². The van der Waals surface area contributed by atoms with E-state index in [1.807, 2.05) is 0 Å². The van der Waals surface area contributed by atoms with Crippen molar-refractivity contribution in [2.45, 2.75) is 23.8 Å². The molecule has 0 radical (unpaired) electrons. The Morgan fingerprint density at radius 3 is 2.38 bits per heavy atom. The zero-order valence-electron chi connectivity index (χ0n) is 9.54. The second-order valence-electron chi connectivity index (χ2n) is 4.14. The number of hydrogen-bond donors (Lipinski definition) is 0. The van der Waals surface area contributed by atoms with Crippen LogP contribution >= 0.6 is 15.9 Å². The van der Waals surface area contributed by atoms with E-state index in [0.717, 1.165) is 31.4 Å². The van der Waals surface area contributed by atoms with Gasteiger partial charge in [0.2, 0.25) is 0 Å². The summed E-state index contributed by atoms with van der Waals surface area (Å²) in [6.45, 7) is 1.57. The van der Waals surface area contributed by atoms with Crippen LogP contribution < -0.4 is 0 Å². The van der Waals surface area contributed by atoms with Crippen molar-refractivity contribution >= 4 is 15.9 Å². The minimum absolute atomic E-state index is 0.136. The SMILES string of the molecule is COC1(c2ccc(CBr)cc2)CCOCC1. The van der Waals surface area contributed by atoms with Crippen molar-refractivity contribution in [2.75, 3.05) is 20.3 Å². The lowest BCUT2D eigenvalue weighted by atomic mass is 9.86. The molecule has 1 fully saturated rings. The molecule has 88 valence electrons. The van der Waals surface area contributed by atoms with Gasteiger partial charge in [-0.25, -0.2) is 0 Å². The largest absolute Gasteiger partial charge is 0.381 e. The van der Waals surface area contributed by atoms with Gasteiger partial charge in [-0.3, -0.25) is 0 Å². The van der Waals surface area contributed by atoms with Crippen molar-refractivity contribution in [3.8, 4) is 0 Å². The molecule has 1 aliphatic rings. The van der Waals surface area contributed by atoms with Gasteiger partial charge < -0.3 is 9.47 Å². The third kappa shape index (κ3) is 2.31. The highest BCUT2D eigenvalue weighted by molar-refractivity contribution is 9.08. The van der Waals surface area contributed by atoms with Crippen molar-refractivity contribution in [1.82, 2.24) is 0 Å². The molecule has 0 spiro atoms. The van der Waals surface area contributed by atoms with Crippen LogP contribution in [0.4, 0.5) is 0 Å². The summed E-state index contributed by atoms with van der Waals surface area (Å²) in [5.74, 6) is 0. The number of alkyl halides is 1. The maximum Gasteiger partial charge on any atom is 0.0971 e. The van der Waals surface area contributed by atoms with Crippen molar-refractivity contribution in [3.63, 3.8) is 0 Å². The van der Waals surface area contributed by atoms with Crippen LogP contribution in [-0.4, -0.2) is 20.3 Å². The molecule has 2 rings (SSSR count). The van der Waals surface area contributed by atoms with Crippen molar-refractivity contribution < 1.29 is 9.47 Å². The molecule has 1 aliphatic heterocycles. The summed E-state index contributed by atoms with van der Waals surface area (Å²) in [7, 11) is 1.80. The monoisotopic (exact) mass is 284 g/mol. The molecular weight excluding hydrogens is 268 g/mol. The van der Waals surface area contributed by atoms with Crippen LogP contribution in [0.5, 0.6) is 0 Å². The molecule has 0 N–H and O–H groups in total. The summed E-state index contributed by atoms with van der Waals surface area (Å²) in [4.78, 5) is 0. The fraction of sp³-hybridized carbons (Fsp3) is 0.538. The van der Waals surface area contributed by atoms with E-state index in [1.165, 1.54) is 11.1 Å². The fourth-order valence-corrected chi connectivity index (χ4v) is 2.58. The Bertz CT molecular complexity index is 328. The normalized spacial score (nSPS) is 19.6. The summed E-state index contributed by atoms with van der Waals surface area (Å²) in [6, 6.07) is 8.65. The molecule has 1 saturated heterocycles. The van der Waals surface area contributed by atoms with E-state index in [9.17, 15) is 0 Å². The predicted octanol–water partition coefficient (Wildman–Crippen LogP) is 3.23. The molecule has 16 heavy (non-hydrogen) atoms. The van der Waals surface area contributed by atoms with Gasteiger partial charge in [0.1, 0.15) is 0 Å². The maximum absolute atomic E-state index is 5.75. The Hall–Kier alpha value is -0.380. The Labute approximate surface area is 105 Å². The average Bonchev–Trinajstić information content (AvgIpc) is 2.39. The number of halogens is 1. The molecule has 0 saturated carbocycles. The van der Waals surface area contributed by atoms with Gasteiger partial charge in [-0.1, -0.05) is 40.2 Å². The van der Waals surface area contributed by atoms with Gasteiger partial charge >= 0.3 is 0 Å². The van der Waals surface area contributed by atoms with Gasteiger partial charge in [-0.05, 0) is 11.1 Å². The third-order valence-corrected chi connectivity index (χ3v) is 3.97. The fourth-order valence-electron chi connectivity index (χ4n) is 2.21. The Morgan fingerprint density at radius 2 is 1.88 bits per heavy atom. The van der Waals surface area contributed by atoms with Crippen molar-refractivity contribution in [3.05, 3.63) is 35.4 Å². The number of benzene rings is 1. The molecular formula is C13H17BrO2. The van der Waals surface area contributed by atoms with Crippen LogP contribution in [0.15, 0.2) is 24.3 Å². The van der Waals surface area contributed by atoms with Gasteiger partial charge in [-0.2, -0.15) is 0 Å². The highest BCUT2D eigenvalue weighted by Gasteiger charge is 2.34. The topological polar surface area (TPSA) is 18.5 Å². The molecule has 3 heteroatoms. The van der Waals surface area contributed by atoms with Gasteiger partial charge in [-0.15, -0.1) is 0 Å². The van der Waals surface area contributed by atoms with E-state index < -0.39 is 0 Å². The van der Waals surface area contributed by atoms with Gasteiger partial charge in [0.15, 0.2) is 0 Å². The molecule has 0 atom stereocenters. The summed E-state index contributed by atoms with van der Waals surface area (Å²) >= 11 is 3.46. The zero-order chi connectivity index (χ0) is 11.4. The summed E-state index contributed by atoms with van der Waals surface area (Å²) in [5.41, 5.74) is 2.42. The Morgan fingerprint density at radius 1 is 1.25 bits per heavy atom. The van der Waals surface area contributed by atoms with Crippen LogP contribution in [0.2, 0.25) is 0 Å². The van der Waals surface area contributed by atoms with E-state index in [0.29, 0.717) is 0 Å². The molecule has 0 unspecified atom stereocenters. The first-order valence-corrected chi connectivity index (χ1v) is 6.71. The lowest BCUT2D eigenvalue weighted by molar-refractivity contribution is -0.0947. The van der Waals surface area contributed by atoms with E-state index in [4.69, 9.17) is 9.47 Å². The third-order valence-electron chi connectivity index (χ3n) is 3.33. The van der Waals surface area contributed by atoms with Crippen LogP contribution in [0, 0.1) is 0 Å². The Balaban J connectivity index is 2.24. The zero-order valence-corrected chi connectivity index (χ0v) is 11.1. The lowest BCUT2D eigenvalue weighted by Crippen LogP contribution is -2.35. The minimum atomic E-state index is -0.136. The quantitative estimate of drug-likeness (QED) is 0.794. The number of rotatable bonds is 3. The van der Waals surface area contributed by atoms with E-state index in [2.05, 4.69) is 40.2 Å². The second-order valence-corrected chi connectivity index (χ2v) is 4.70. The smallest absolute Gasteiger partial charge is 0.0971 e. The van der Waals surface area contributed by atoms with E-state index in [1.54, 1.807) is 7.11 Å². The summed E-state index contributed by atoms with van der Waals surface area (Å²) in [5, 5.41) is 0.899. The van der Waals surface area contributed by atoms with Crippen LogP contribution in [0.1, 0.15) is 24.0 Å². The average molecular weight is 285 g/mol. The molecule has 0 bridgehead atoms. The molecule has 1 aromatic rings. The van der Waals surface area contributed by atoms with E-state index >= 15 is 0 Å². The van der Waals surface area contributed by atoms with Crippen LogP contribution in [0.25, 0.3) is 0 Å². The molecule has 0 amide bonds. The first kappa shape index (κ1) is 12.1. The minimum Gasteiger partial charge on any atom is -0.381 e. The highest BCUT2D eigenvalue weighted by atomic mass is 79.9. The number of ether oxygens (including phenoxy) is 2. The molecule has 1 aromatic carbocycles. The standard InChI is InChI=1S/C13H17BrO2/c1-15-13(6-8-16-9-7-13)12-4-2-11(10-14)3-5-12/h2-5H,6-10H2,1H3. The van der Waals surface area contributed by atoms with Crippen LogP contribution in [0.3, 0.4) is 0 Å². The number of hydrogen-bond acceptors (Lipinski definition) is 2. The molecule has 0 aromatic heterocycles. The summed E-state index contributed by atoms with van der Waals surface area (Å²) < 4.78 is 11.2. The lowest BCUT2D eigenvalue weighted by Gasteiger charge is -2.36. The number of methoxy groups -OCH3 is 1. The first-order valence-electron chi connectivity index (χ1n) is 5.59. The molecule has 2 nitrogen and oxygen atoms in total. The molecule has 1 heterocycles. The first-order chi connectivity index (χ1) is 7.80. The van der Waals surface area contributed by atoms with E-state index in [-0.39, 0.29) is 5.60 Å². The van der Waals surface area contributed by atoms with Gasteiger partial charge in [0.05, 0.1) is 5.60 Å². The highest BCUT2D eigenvalue weighted by Crippen LogP contribution is 2.35. The van der Waals surface area contributed by atoms with Crippen molar-refractivity contribution in [1.29, 1.82) is 0 Å². The second kappa shape index (κ2) is 5.30. The molecule has 0 aliphatic carbocycles. The van der Waals surface area contributed by atoms with Gasteiger partial charge in [0.25, 0.3) is 0 Å². The van der Waals surface area contributed by atoms with Crippen LogP contribution in [-0.2, 0) is 20.4 Å². The summed E-state index contributed by atoms with van der Waals surface area (Å²) in [6.07, 6.45) is 1.88. The predicted molar refractivity (Wildman–Crippen MR) is 67.8 cm³/mol. The maximum atomic E-state index is 5.75. The van der Waals surface area contributed by atoms with Gasteiger partial charge in [0, 0.05) is 38.5 Å². The Kier molecular flexibility index (Phi) is 4.00.